The molecule has 0 radical (unpaired) electrons. The van der Waals surface area contributed by atoms with E-state index in [0.717, 1.165) is 51.3 Å². The average Bonchev–Trinajstić information content (AvgIpc) is 2.74. The third-order valence-electron chi connectivity index (χ3n) is 4.98. The minimum absolute atomic E-state index is 0.0587. The van der Waals surface area contributed by atoms with Gasteiger partial charge in [-0.2, -0.15) is 0 Å². The molecule has 0 aliphatic carbocycles. The Bertz CT molecular complexity index is 839. The summed E-state index contributed by atoms with van der Waals surface area (Å²) in [7, 11) is 0. The Morgan fingerprint density at radius 2 is 1.79 bits per heavy atom. The molecule has 3 rings (SSSR count). The van der Waals surface area contributed by atoms with Gasteiger partial charge in [-0.25, -0.2) is 4.79 Å². The molecule has 2 aromatic rings. The predicted octanol–water partition coefficient (Wildman–Crippen LogP) is 4.01. The number of hydrogen-bond donors (Lipinski definition) is 0. The van der Waals surface area contributed by atoms with E-state index in [9.17, 15) is 14.9 Å². The fourth-order valence-corrected chi connectivity index (χ4v) is 3.51. The second-order valence-corrected chi connectivity index (χ2v) is 7.34. The third-order valence-corrected chi connectivity index (χ3v) is 5.29. The second kappa shape index (κ2) is 10.2. The van der Waals surface area contributed by atoms with Gasteiger partial charge in [0.15, 0.2) is 0 Å². The Morgan fingerprint density at radius 3 is 2.48 bits per heavy atom. The summed E-state index contributed by atoms with van der Waals surface area (Å²) in [4.78, 5) is 27.0. The van der Waals surface area contributed by atoms with Gasteiger partial charge in [-0.1, -0.05) is 29.8 Å². The van der Waals surface area contributed by atoms with Crippen molar-refractivity contribution < 1.29 is 14.5 Å². The van der Waals surface area contributed by atoms with E-state index in [4.69, 9.17) is 16.3 Å². The quantitative estimate of drug-likeness (QED) is 0.279. The first-order chi connectivity index (χ1) is 14.0. The van der Waals surface area contributed by atoms with Gasteiger partial charge >= 0.3 is 5.97 Å². The van der Waals surface area contributed by atoms with Gasteiger partial charge in [0.25, 0.3) is 5.69 Å². The first-order valence-corrected chi connectivity index (χ1v) is 10.1. The molecule has 1 aliphatic rings. The maximum atomic E-state index is 11.9. The number of anilines is 1. The lowest BCUT2D eigenvalue weighted by molar-refractivity contribution is -0.384. The molecule has 1 fully saturated rings. The van der Waals surface area contributed by atoms with Crippen LogP contribution in [0.2, 0.25) is 5.02 Å². The van der Waals surface area contributed by atoms with Crippen LogP contribution in [0.5, 0.6) is 0 Å². The number of benzene rings is 2. The summed E-state index contributed by atoms with van der Waals surface area (Å²) in [6.07, 6.45) is 1.77. The van der Waals surface area contributed by atoms with Gasteiger partial charge in [-0.05, 0) is 43.7 Å². The fraction of sp³-hybridized carbons (Fsp3) is 0.381. The molecule has 29 heavy (non-hydrogen) atoms. The predicted molar refractivity (Wildman–Crippen MR) is 113 cm³/mol. The highest BCUT2D eigenvalue weighted by atomic mass is 35.5. The summed E-state index contributed by atoms with van der Waals surface area (Å²) in [5.41, 5.74) is 1.34. The maximum absolute atomic E-state index is 11.9. The molecule has 1 saturated heterocycles. The van der Waals surface area contributed by atoms with Gasteiger partial charge in [-0.15, -0.1) is 0 Å². The van der Waals surface area contributed by atoms with Crippen molar-refractivity contribution in [3.63, 3.8) is 0 Å². The van der Waals surface area contributed by atoms with Crippen molar-refractivity contribution in [2.75, 3.05) is 44.2 Å². The molecule has 0 N–H and O–H groups in total. The van der Waals surface area contributed by atoms with Crippen LogP contribution in [0.3, 0.4) is 0 Å². The number of hydrogen-bond acceptors (Lipinski definition) is 6. The summed E-state index contributed by atoms with van der Waals surface area (Å²) < 4.78 is 5.30. The molecule has 7 nitrogen and oxygen atoms in total. The third kappa shape index (κ3) is 5.92. The van der Waals surface area contributed by atoms with Crippen molar-refractivity contribution in [2.45, 2.75) is 12.8 Å². The van der Waals surface area contributed by atoms with Gasteiger partial charge in [0.1, 0.15) is 5.02 Å². The molecular formula is C21H24ClN3O4. The van der Waals surface area contributed by atoms with Crippen LogP contribution in [-0.4, -0.2) is 55.1 Å². The first-order valence-electron chi connectivity index (χ1n) is 9.68. The summed E-state index contributed by atoms with van der Waals surface area (Å²) in [5.74, 6) is -0.281. The summed E-state index contributed by atoms with van der Waals surface area (Å²) >= 11 is 5.89. The normalized spacial score (nSPS) is 14.6. The molecule has 0 bridgehead atoms. The molecule has 0 aromatic heterocycles. The van der Waals surface area contributed by atoms with Crippen molar-refractivity contribution in [1.82, 2.24) is 4.90 Å². The van der Waals surface area contributed by atoms with E-state index in [-0.39, 0.29) is 16.7 Å². The number of nitro groups is 1. The molecule has 1 aliphatic heterocycles. The zero-order valence-electron chi connectivity index (χ0n) is 16.1. The van der Waals surface area contributed by atoms with Crippen LogP contribution in [0, 0.1) is 10.1 Å². The molecule has 8 heteroatoms. The van der Waals surface area contributed by atoms with Gasteiger partial charge in [0.05, 0.1) is 17.1 Å². The van der Waals surface area contributed by atoms with Crippen molar-refractivity contribution >= 4 is 28.9 Å². The van der Waals surface area contributed by atoms with E-state index in [1.807, 2.05) is 24.3 Å². The zero-order valence-corrected chi connectivity index (χ0v) is 16.9. The van der Waals surface area contributed by atoms with E-state index in [2.05, 4.69) is 9.80 Å². The number of carbonyl (C=O) groups excluding carboxylic acids is 1. The molecule has 0 saturated carbocycles. The lowest BCUT2D eigenvalue weighted by Crippen LogP contribution is -2.46. The second-order valence-electron chi connectivity index (χ2n) is 6.93. The maximum Gasteiger partial charge on any atom is 0.338 e. The number of ether oxygens (including phenoxy) is 1. The Kier molecular flexibility index (Phi) is 7.43. The standard InChI is InChI=1S/C21H24ClN3O4/c22-19-9-8-18(16-20(19)25(27)28)24-13-11-23(12-14-24)10-4-5-15-29-21(26)17-6-2-1-3-7-17/h1-3,6-9,16H,4-5,10-15H2. The summed E-state index contributed by atoms with van der Waals surface area (Å²) in [6.45, 7) is 4.75. The number of carbonyl (C=O) groups is 1. The van der Waals surface area contributed by atoms with Crippen molar-refractivity contribution in [2.24, 2.45) is 0 Å². The molecule has 0 unspecified atom stereocenters. The number of piperazine rings is 1. The monoisotopic (exact) mass is 417 g/mol. The highest BCUT2D eigenvalue weighted by Crippen LogP contribution is 2.29. The van der Waals surface area contributed by atoms with Gasteiger partial charge in [0.2, 0.25) is 0 Å². The van der Waals surface area contributed by atoms with E-state index in [0.29, 0.717) is 12.2 Å². The van der Waals surface area contributed by atoms with E-state index in [1.165, 1.54) is 0 Å². The molecule has 154 valence electrons. The van der Waals surface area contributed by atoms with Crippen LogP contribution in [-0.2, 0) is 4.74 Å². The highest BCUT2D eigenvalue weighted by molar-refractivity contribution is 6.32. The van der Waals surface area contributed by atoms with E-state index < -0.39 is 4.92 Å². The van der Waals surface area contributed by atoms with Crippen molar-refractivity contribution in [3.8, 4) is 0 Å². The van der Waals surface area contributed by atoms with Crippen LogP contribution in [0.4, 0.5) is 11.4 Å². The molecule has 0 atom stereocenters. The average molecular weight is 418 g/mol. The lowest BCUT2D eigenvalue weighted by atomic mass is 10.2. The zero-order chi connectivity index (χ0) is 20.6. The Balaban J connectivity index is 1.36. The number of rotatable bonds is 8. The largest absolute Gasteiger partial charge is 0.462 e. The molecule has 0 amide bonds. The van der Waals surface area contributed by atoms with Crippen LogP contribution in [0.25, 0.3) is 0 Å². The molecule has 1 heterocycles. The SMILES string of the molecule is O=C(OCCCCN1CCN(c2ccc(Cl)c([N+](=O)[O-])c2)CC1)c1ccccc1. The Labute approximate surface area is 175 Å². The highest BCUT2D eigenvalue weighted by Gasteiger charge is 2.20. The minimum Gasteiger partial charge on any atom is -0.462 e. The number of nitrogens with zero attached hydrogens (tertiary/aromatic N) is 3. The van der Waals surface area contributed by atoms with Gasteiger partial charge in [-0.3, -0.25) is 15.0 Å². The number of unbranched alkanes of at least 4 members (excludes halogenated alkanes) is 1. The lowest BCUT2D eigenvalue weighted by Gasteiger charge is -2.36. The smallest absolute Gasteiger partial charge is 0.338 e. The fourth-order valence-electron chi connectivity index (χ4n) is 3.33. The van der Waals surface area contributed by atoms with Gasteiger partial charge in [0, 0.05) is 37.9 Å². The molecular weight excluding hydrogens is 394 g/mol. The number of nitro benzene ring substituents is 1. The van der Waals surface area contributed by atoms with Crippen LogP contribution in [0.15, 0.2) is 48.5 Å². The minimum atomic E-state index is -0.452. The molecule has 0 spiro atoms. The van der Waals surface area contributed by atoms with E-state index in [1.54, 1.807) is 24.3 Å². The summed E-state index contributed by atoms with van der Waals surface area (Å²) in [6, 6.07) is 13.9. The van der Waals surface area contributed by atoms with Crippen molar-refractivity contribution in [1.29, 1.82) is 0 Å². The van der Waals surface area contributed by atoms with Crippen LogP contribution in [0.1, 0.15) is 23.2 Å². The van der Waals surface area contributed by atoms with Crippen LogP contribution < -0.4 is 4.90 Å². The van der Waals surface area contributed by atoms with Crippen LogP contribution >= 0.6 is 11.6 Å². The number of esters is 1. The van der Waals surface area contributed by atoms with Gasteiger partial charge < -0.3 is 9.64 Å². The summed E-state index contributed by atoms with van der Waals surface area (Å²) in [5, 5.41) is 11.2. The molecule has 2 aromatic carbocycles. The number of halogens is 1. The Hall–Kier alpha value is -2.64. The Morgan fingerprint density at radius 1 is 1.07 bits per heavy atom. The van der Waals surface area contributed by atoms with Crippen molar-refractivity contribution in [3.05, 3.63) is 69.2 Å². The topological polar surface area (TPSA) is 75.9 Å². The first kappa shape index (κ1) is 21.1. The van der Waals surface area contributed by atoms with E-state index >= 15 is 0 Å².